The van der Waals surface area contributed by atoms with Gasteiger partial charge in [0.25, 0.3) is 5.91 Å². The highest BCUT2D eigenvalue weighted by molar-refractivity contribution is 5.94. The zero-order valence-corrected chi connectivity index (χ0v) is 14.9. The van der Waals surface area contributed by atoms with E-state index in [0.29, 0.717) is 25.2 Å². The average Bonchev–Trinajstić information content (AvgIpc) is 3.35. The first-order chi connectivity index (χ1) is 12.6. The van der Waals surface area contributed by atoms with Crippen LogP contribution >= 0.6 is 0 Å². The van der Waals surface area contributed by atoms with Crippen molar-refractivity contribution in [2.45, 2.75) is 31.3 Å². The molecule has 0 aliphatic carbocycles. The van der Waals surface area contributed by atoms with E-state index in [4.69, 9.17) is 0 Å². The third kappa shape index (κ3) is 3.64. The molecule has 2 aliphatic rings. The van der Waals surface area contributed by atoms with Crippen molar-refractivity contribution < 1.29 is 9.90 Å². The number of hydrogen-bond donors (Lipinski definition) is 1. The first kappa shape index (κ1) is 17.2. The second-order valence-corrected chi connectivity index (χ2v) is 7.46. The number of β-amino-alcohol motifs (C(OH)–C–C–N with tert-alkyl or cyclic N) is 1. The summed E-state index contributed by atoms with van der Waals surface area (Å²) < 4.78 is 1.77. The molecule has 26 heavy (non-hydrogen) atoms. The van der Waals surface area contributed by atoms with E-state index in [-0.39, 0.29) is 5.91 Å². The number of piperidine rings is 1. The predicted molar refractivity (Wildman–Crippen MR) is 97.1 cm³/mol. The highest BCUT2D eigenvalue weighted by Crippen LogP contribution is 2.25. The normalized spacial score (nSPS) is 24.1. The molecule has 2 aliphatic heterocycles. The maximum absolute atomic E-state index is 13.0. The Morgan fingerprint density at radius 1 is 1.12 bits per heavy atom. The van der Waals surface area contributed by atoms with Crippen LogP contribution in [0.25, 0.3) is 5.69 Å². The summed E-state index contributed by atoms with van der Waals surface area (Å²) in [6.07, 6.45) is 7.22. The molecule has 1 aromatic heterocycles. The zero-order valence-electron chi connectivity index (χ0n) is 14.9. The number of amides is 1. The van der Waals surface area contributed by atoms with E-state index >= 15 is 0 Å². The Morgan fingerprint density at radius 3 is 2.65 bits per heavy atom. The molecule has 7 heteroatoms. The van der Waals surface area contributed by atoms with E-state index in [1.807, 2.05) is 24.3 Å². The van der Waals surface area contributed by atoms with Crippen molar-refractivity contribution in [3.05, 3.63) is 42.5 Å². The number of carbonyl (C=O) groups is 1. The fourth-order valence-corrected chi connectivity index (χ4v) is 4.09. The lowest BCUT2D eigenvalue weighted by Gasteiger charge is -2.41. The maximum Gasteiger partial charge on any atom is 0.254 e. The first-order valence-electron chi connectivity index (χ1n) is 9.32. The van der Waals surface area contributed by atoms with Crippen LogP contribution in [-0.4, -0.2) is 73.9 Å². The standard InChI is InChI=1S/C19H25N5O2/c25-18(16-5-3-6-17(11-16)24-14-20-21-15-24)23-10-4-7-19(26,13-23)12-22-8-1-2-9-22/h3,5-6,11,14-15,26H,1-2,4,7-10,12-13H2. The Kier molecular flexibility index (Phi) is 4.74. The molecule has 0 spiro atoms. The Labute approximate surface area is 153 Å². The molecule has 7 nitrogen and oxygen atoms in total. The Morgan fingerprint density at radius 2 is 1.88 bits per heavy atom. The van der Waals surface area contributed by atoms with E-state index < -0.39 is 5.60 Å². The largest absolute Gasteiger partial charge is 0.387 e. The van der Waals surface area contributed by atoms with Crippen molar-refractivity contribution in [1.82, 2.24) is 24.6 Å². The van der Waals surface area contributed by atoms with Crippen LogP contribution in [0.5, 0.6) is 0 Å². The monoisotopic (exact) mass is 355 g/mol. The van der Waals surface area contributed by atoms with Crippen LogP contribution in [0.1, 0.15) is 36.0 Å². The topological polar surface area (TPSA) is 74.5 Å². The molecule has 0 radical (unpaired) electrons. The molecule has 2 aromatic rings. The summed E-state index contributed by atoms with van der Waals surface area (Å²) in [6.45, 7) is 3.86. The van der Waals surface area contributed by atoms with E-state index in [1.165, 1.54) is 12.8 Å². The van der Waals surface area contributed by atoms with Gasteiger partial charge in [-0.05, 0) is 57.0 Å². The Bertz CT molecular complexity index is 757. The maximum atomic E-state index is 13.0. The minimum atomic E-state index is -0.801. The molecular weight excluding hydrogens is 330 g/mol. The molecule has 2 fully saturated rings. The quantitative estimate of drug-likeness (QED) is 0.896. The summed E-state index contributed by atoms with van der Waals surface area (Å²) in [7, 11) is 0. The highest BCUT2D eigenvalue weighted by atomic mass is 16.3. The van der Waals surface area contributed by atoms with Gasteiger partial charge in [0.1, 0.15) is 12.7 Å². The van der Waals surface area contributed by atoms with Crippen molar-refractivity contribution in [2.75, 3.05) is 32.7 Å². The fourth-order valence-electron chi connectivity index (χ4n) is 4.09. The number of likely N-dealkylation sites (tertiary alicyclic amines) is 2. The average molecular weight is 355 g/mol. The number of aromatic nitrogens is 3. The van der Waals surface area contributed by atoms with Gasteiger partial charge < -0.3 is 14.9 Å². The molecule has 0 saturated carbocycles. The van der Waals surface area contributed by atoms with Gasteiger partial charge in [-0.3, -0.25) is 9.36 Å². The van der Waals surface area contributed by atoms with Crippen LogP contribution in [0.15, 0.2) is 36.9 Å². The number of rotatable bonds is 4. The van der Waals surface area contributed by atoms with Crippen molar-refractivity contribution in [2.24, 2.45) is 0 Å². The molecule has 1 aromatic carbocycles. The fraction of sp³-hybridized carbons (Fsp3) is 0.526. The van der Waals surface area contributed by atoms with E-state index in [9.17, 15) is 9.90 Å². The van der Waals surface area contributed by atoms with Gasteiger partial charge in [0, 0.05) is 24.3 Å². The lowest BCUT2D eigenvalue weighted by molar-refractivity contribution is -0.0431. The predicted octanol–water partition coefficient (Wildman–Crippen LogP) is 1.33. The van der Waals surface area contributed by atoms with Crippen molar-refractivity contribution in [3.63, 3.8) is 0 Å². The summed E-state index contributed by atoms with van der Waals surface area (Å²) >= 11 is 0. The van der Waals surface area contributed by atoms with Gasteiger partial charge in [-0.25, -0.2) is 0 Å². The molecule has 2 saturated heterocycles. The Balaban J connectivity index is 1.48. The van der Waals surface area contributed by atoms with E-state index in [1.54, 1.807) is 22.1 Å². The van der Waals surface area contributed by atoms with Crippen LogP contribution in [0.2, 0.25) is 0 Å². The third-order valence-electron chi connectivity index (χ3n) is 5.37. The van der Waals surface area contributed by atoms with Crippen molar-refractivity contribution in [1.29, 1.82) is 0 Å². The molecule has 1 atom stereocenters. The van der Waals surface area contributed by atoms with Crippen LogP contribution in [0.3, 0.4) is 0 Å². The summed E-state index contributed by atoms with van der Waals surface area (Å²) in [5, 5.41) is 18.7. The molecule has 1 amide bonds. The molecule has 1 N–H and O–H groups in total. The van der Waals surface area contributed by atoms with Crippen LogP contribution in [0, 0.1) is 0 Å². The number of aliphatic hydroxyl groups is 1. The van der Waals surface area contributed by atoms with Crippen molar-refractivity contribution >= 4 is 5.91 Å². The highest BCUT2D eigenvalue weighted by Gasteiger charge is 2.37. The number of nitrogens with zero attached hydrogens (tertiary/aromatic N) is 5. The lowest BCUT2D eigenvalue weighted by Crippen LogP contribution is -2.55. The molecule has 0 bridgehead atoms. The Hall–Kier alpha value is -2.25. The van der Waals surface area contributed by atoms with Crippen LogP contribution < -0.4 is 0 Å². The summed E-state index contributed by atoms with van der Waals surface area (Å²) in [5.41, 5.74) is 0.677. The zero-order chi connectivity index (χ0) is 18.0. The minimum absolute atomic E-state index is 0.0283. The smallest absolute Gasteiger partial charge is 0.254 e. The number of carbonyl (C=O) groups excluding carboxylic acids is 1. The molecule has 138 valence electrons. The van der Waals surface area contributed by atoms with Gasteiger partial charge in [0.2, 0.25) is 0 Å². The third-order valence-corrected chi connectivity index (χ3v) is 5.37. The SMILES string of the molecule is O=C(c1cccc(-n2cnnc2)c1)N1CCCC(O)(CN2CCCC2)C1. The molecular formula is C19H25N5O2. The molecule has 1 unspecified atom stereocenters. The van der Waals surface area contributed by atoms with Gasteiger partial charge in [-0.15, -0.1) is 10.2 Å². The van der Waals surface area contributed by atoms with Gasteiger partial charge in [0.05, 0.1) is 12.1 Å². The van der Waals surface area contributed by atoms with Gasteiger partial charge in [-0.2, -0.15) is 0 Å². The summed E-state index contributed by atoms with van der Waals surface area (Å²) in [5.74, 6) is -0.0283. The first-order valence-corrected chi connectivity index (χ1v) is 9.32. The van der Waals surface area contributed by atoms with Crippen LogP contribution in [-0.2, 0) is 0 Å². The van der Waals surface area contributed by atoms with Gasteiger partial charge in [-0.1, -0.05) is 6.07 Å². The summed E-state index contributed by atoms with van der Waals surface area (Å²) in [4.78, 5) is 17.1. The second kappa shape index (κ2) is 7.17. The minimum Gasteiger partial charge on any atom is -0.387 e. The second-order valence-electron chi connectivity index (χ2n) is 7.46. The lowest BCUT2D eigenvalue weighted by atomic mass is 9.91. The van der Waals surface area contributed by atoms with Gasteiger partial charge in [0.15, 0.2) is 0 Å². The number of benzene rings is 1. The van der Waals surface area contributed by atoms with Crippen LogP contribution in [0.4, 0.5) is 0 Å². The molecule has 4 rings (SSSR count). The summed E-state index contributed by atoms with van der Waals surface area (Å²) in [6, 6.07) is 7.45. The molecule has 3 heterocycles. The van der Waals surface area contributed by atoms with Crippen molar-refractivity contribution in [3.8, 4) is 5.69 Å². The number of hydrogen-bond acceptors (Lipinski definition) is 5. The van der Waals surface area contributed by atoms with E-state index in [0.717, 1.165) is 31.6 Å². The van der Waals surface area contributed by atoms with E-state index in [2.05, 4.69) is 15.1 Å². The van der Waals surface area contributed by atoms with Gasteiger partial charge >= 0.3 is 0 Å².